The van der Waals surface area contributed by atoms with Crippen molar-refractivity contribution in [2.75, 3.05) is 7.11 Å². The third kappa shape index (κ3) is 4.88. The molecule has 1 aromatic heterocycles. The lowest BCUT2D eigenvalue weighted by Gasteiger charge is -2.44. The van der Waals surface area contributed by atoms with Crippen LogP contribution in [0.3, 0.4) is 0 Å². The molecule has 0 radical (unpaired) electrons. The molecule has 0 unspecified atom stereocenters. The van der Waals surface area contributed by atoms with Crippen LogP contribution in [0.4, 0.5) is 0 Å². The molecule has 1 aliphatic carbocycles. The van der Waals surface area contributed by atoms with E-state index in [2.05, 4.69) is 22.5 Å². The highest BCUT2D eigenvalue weighted by atomic mass is 16.5. The lowest BCUT2D eigenvalue weighted by atomic mass is 9.93. The number of nitrogens with one attached hydrogen (secondary N) is 2. The van der Waals surface area contributed by atoms with E-state index in [4.69, 9.17) is 4.74 Å². The summed E-state index contributed by atoms with van der Waals surface area (Å²) in [7, 11) is 1.61. The first kappa shape index (κ1) is 25.5. The quantitative estimate of drug-likeness (QED) is 0.456. The second-order valence-electron chi connectivity index (χ2n) is 10.1. The first-order valence-electron chi connectivity index (χ1n) is 13.0. The fourth-order valence-corrected chi connectivity index (χ4v) is 5.00. The van der Waals surface area contributed by atoms with Crippen molar-refractivity contribution in [3.8, 4) is 5.75 Å². The van der Waals surface area contributed by atoms with Gasteiger partial charge < -0.3 is 24.8 Å². The van der Waals surface area contributed by atoms with Gasteiger partial charge in [0.05, 0.1) is 20.0 Å². The van der Waals surface area contributed by atoms with Crippen molar-refractivity contribution >= 4 is 17.7 Å². The van der Waals surface area contributed by atoms with E-state index in [0.717, 1.165) is 36.1 Å². The van der Waals surface area contributed by atoms with Crippen molar-refractivity contribution in [1.29, 1.82) is 0 Å². The van der Waals surface area contributed by atoms with Gasteiger partial charge in [0.25, 0.3) is 11.8 Å². The maximum atomic E-state index is 13.8. The summed E-state index contributed by atoms with van der Waals surface area (Å²) in [4.78, 5) is 46.3. The number of ether oxygens (including phenoxy) is 1. The van der Waals surface area contributed by atoms with Crippen LogP contribution in [0.25, 0.3) is 0 Å². The maximum absolute atomic E-state index is 13.8. The molecule has 2 heterocycles. The summed E-state index contributed by atoms with van der Waals surface area (Å²) in [6.07, 6.45) is 4.09. The summed E-state index contributed by atoms with van der Waals surface area (Å²) in [5, 5.41) is 5.89. The van der Waals surface area contributed by atoms with Crippen LogP contribution in [0.1, 0.15) is 64.4 Å². The molecule has 38 heavy (non-hydrogen) atoms. The first-order valence-corrected chi connectivity index (χ1v) is 13.0. The van der Waals surface area contributed by atoms with E-state index >= 15 is 0 Å². The Balaban J connectivity index is 1.32. The molecule has 0 spiro atoms. The summed E-state index contributed by atoms with van der Waals surface area (Å²) in [6.45, 7) is 4.76. The van der Waals surface area contributed by atoms with Gasteiger partial charge in [0.1, 0.15) is 17.0 Å². The van der Waals surface area contributed by atoms with Crippen LogP contribution in [0.2, 0.25) is 0 Å². The van der Waals surface area contributed by atoms with Crippen LogP contribution in [0.5, 0.6) is 5.75 Å². The minimum Gasteiger partial charge on any atom is -0.497 e. The molecule has 9 nitrogen and oxygen atoms in total. The van der Waals surface area contributed by atoms with Gasteiger partial charge in [-0.2, -0.15) is 0 Å². The number of nitrogens with zero attached hydrogens (tertiary/aromatic N) is 3. The average Bonchev–Trinajstić information content (AvgIpc) is 3.68. The van der Waals surface area contributed by atoms with Gasteiger partial charge in [-0.15, -0.1) is 0 Å². The van der Waals surface area contributed by atoms with Gasteiger partial charge >= 0.3 is 0 Å². The second kappa shape index (κ2) is 10.3. The Morgan fingerprint density at radius 3 is 2.21 bits per heavy atom. The first-order chi connectivity index (χ1) is 18.3. The largest absolute Gasteiger partial charge is 0.497 e. The van der Waals surface area contributed by atoms with Gasteiger partial charge in [-0.1, -0.05) is 43.3 Å². The average molecular weight is 516 g/mol. The molecule has 3 amide bonds. The molecule has 0 saturated heterocycles. The fourth-order valence-electron chi connectivity index (χ4n) is 5.00. The van der Waals surface area contributed by atoms with Crippen molar-refractivity contribution in [2.45, 2.75) is 64.3 Å². The van der Waals surface area contributed by atoms with Crippen LogP contribution in [-0.4, -0.2) is 50.9 Å². The molecule has 198 valence electrons. The third-order valence-electron chi connectivity index (χ3n) is 7.38. The standard InChI is InChI=1S/C29H33N5O4/c1-4-19-5-7-20(8-6-19)15-30-26(35)24-25-27(36)34(22-11-12-22)29(2,17-33(25)18-32-24)28(37)31-16-21-9-13-23(38-3)14-10-21/h5-10,13-14,18,22H,4,11-12,15-17H2,1-3H3,(H,30,35)(H,31,37)/t29-/m1/s1. The van der Waals surface area contributed by atoms with Crippen LogP contribution in [-0.2, 0) is 30.8 Å². The Morgan fingerprint density at radius 2 is 1.61 bits per heavy atom. The highest BCUT2D eigenvalue weighted by Crippen LogP contribution is 2.38. The lowest BCUT2D eigenvalue weighted by Crippen LogP contribution is -2.64. The van der Waals surface area contributed by atoms with Crippen molar-refractivity contribution in [2.24, 2.45) is 0 Å². The number of benzene rings is 2. The van der Waals surface area contributed by atoms with Crippen molar-refractivity contribution in [3.05, 3.63) is 82.9 Å². The van der Waals surface area contributed by atoms with Gasteiger partial charge in [-0.25, -0.2) is 4.98 Å². The number of fused-ring (bicyclic) bond motifs is 1. The van der Waals surface area contributed by atoms with E-state index in [-0.39, 0.29) is 35.8 Å². The molecule has 1 saturated carbocycles. The van der Waals surface area contributed by atoms with E-state index in [0.29, 0.717) is 13.1 Å². The number of hydrogen-bond acceptors (Lipinski definition) is 5. The minimum absolute atomic E-state index is 0.0316. The molecular weight excluding hydrogens is 482 g/mol. The minimum atomic E-state index is -1.10. The Bertz CT molecular complexity index is 1340. The highest BCUT2D eigenvalue weighted by Gasteiger charge is 2.53. The van der Waals surface area contributed by atoms with Crippen LogP contribution in [0.15, 0.2) is 54.9 Å². The van der Waals surface area contributed by atoms with Crippen LogP contribution in [0, 0.1) is 0 Å². The van der Waals surface area contributed by atoms with Crippen LogP contribution < -0.4 is 15.4 Å². The number of methoxy groups -OCH3 is 1. The van der Waals surface area contributed by atoms with Gasteiger partial charge in [0.15, 0.2) is 5.69 Å². The molecule has 5 rings (SSSR count). The predicted molar refractivity (Wildman–Crippen MR) is 142 cm³/mol. The predicted octanol–water partition coefficient (Wildman–Crippen LogP) is 3.08. The molecule has 1 fully saturated rings. The summed E-state index contributed by atoms with van der Waals surface area (Å²) < 4.78 is 6.83. The summed E-state index contributed by atoms with van der Waals surface area (Å²) >= 11 is 0. The number of carbonyl (C=O) groups is 3. The summed E-state index contributed by atoms with van der Waals surface area (Å²) in [5.41, 5.74) is 2.34. The SMILES string of the molecule is CCc1ccc(CNC(=O)c2ncn3c2C(=O)N(C2CC2)[C@@](C)(C(=O)NCc2ccc(OC)cc2)C3)cc1. The Labute approximate surface area is 222 Å². The zero-order valence-electron chi connectivity index (χ0n) is 22.0. The van der Waals surface area contributed by atoms with Crippen molar-refractivity contribution in [1.82, 2.24) is 25.1 Å². The number of amides is 3. The van der Waals surface area contributed by atoms with Gasteiger partial charge in [0.2, 0.25) is 5.91 Å². The monoisotopic (exact) mass is 515 g/mol. The van der Waals surface area contributed by atoms with Gasteiger partial charge in [-0.3, -0.25) is 14.4 Å². The molecule has 3 aromatic rings. The van der Waals surface area contributed by atoms with E-state index in [9.17, 15) is 14.4 Å². The number of rotatable bonds is 9. The summed E-state index contributed by atoms with van der Waals surface area (Å²) in [5.74, 6) is -0.244. The van der Waals surface area contributed by atoms with Gasteiger partial charge in [0, 0.05) is 19.1 Å². The topological polar surface area (TPSA) is 106 Å². The lowest BCUT2D eigenvalue weighted by molar-refractivity contribution is -0.133. The molecule has 2 aliphatic rings. The molecule has 1 atom stereocenters. The molecule has 0 bridgehead atoms. The van der Waals surface area contributed by atoms with Crippen molar-refractivity contribution in [3.63, 3.8) is 0 Å². The Morgan fingerprint density at radius 1 is 1.00 bits per heavy atom. The molecule has 2 aromatic carbocycles. The zero-order valence-corrected chi connectivity index (χ0v) is 22.0. The number of aromatic nitrogens is 2. The zero-order chi connectivity index (χ0) is 26.9. The third-order valence-corrected chi connectivity index (χ3v) is 7.38. The smallest absolute Gasteiger partial charge is 0.274 e. The molecule has 2 N–H and O–H groups in total. The number of carbonyl (C=O) groups excluding carboxylic acids is 3. The number of imidazole rings is 1. The maximum Gasteiger partial charge on any atom is 0.274 e. The highest BCUT2D eigenvalue weighted by molar-refractivity contribution is 6.07. The number of aryl methyl sites for hydroxylation is 1. The van der Waals surface area contributed by atoms with Gasteiger partial charge in [-0.05, 0) is 55.0 Å². The Kier molecular flexibility index (Phi) is 6.93. The Hall–Kier alpha value is -4.14. The second-order valence-corrected chi connectivity index (χ2v) is 10.1. The number of hydrogen-bond donors (Lipinski definition) is 2. The molecular formula is C29H33N5O4. The van der Waals surface area contributed by atoms with Crippen LogP contribution >= 0.6 is 0 Å². The van der Waals surface area contributed by atoms with E-state index in [1.165, 1.54) is 11.9 Å². The van der Waals surface area contributed by atoms with E-state index < -0.39 is 11.4 Å². The van der Waals surface area contributed by atoms with Crippen molar-refractivity contribution < 1.29 is 19.1 Å². The van der Waals surface area contributed by atoms with E-state index in [1.54, 1.807) is 23.5 Å². The molecule has 1 aliphatic heterocycles. The summed E-state index contributed by atoms with van der Waals surface area (Å²) in [6, 6.07) is 15.5. The molecule has 9 heteroatoms. The normalized spacial score (nSPS) is 18.6. The van der Waals surface area contributed by atoms with E-state index in [1.807, 2.05) is 48.5 Å². The fraction of sp³-hybridized carbons (Fsp3) is 0.379.